The quantitative estimate of drug-likeness (QED) is 0.820. The smallest absolute Gasteiger partial charge is 0.179 e. The molecule has 0 aliphatic carbocycles. The Morgan fingerprint density at radius 1 is 1.21 bits per heavy atom. The Hall–Kier alpha value is -0.930. The van der Waals surface area contributed by atoms with E-state index in [1.54, 1.807) is 14.2 Å². The van der Waals surface area contributed by atoms with Crippen LogP contribution in [0.1, 0.15) is 38.8 Å². The number of benzene rings is 1. The lowest BCUT2D eigenvalue weighted by atomic mass is 9.95. The zero-order valence-electron chi connectivity index (χ0n) is 12.4. The highest BCUT2D eigenvalue weighted by Gasteiger charge is 2.19. The van der Waals surface area contributed by atoms with Gasteiger partial charge in [0.15, 0.2) is 11.5 Å². The molecule has 0 aliphatic heterocycles. The lowest BCUT2D eigenvalue weighted by molar-refractivity contribution is 0.352. The number of hydrogen-bond acceptors (Lipinski definition) is 3. The maximum Gasteiger partial charge on any atom is 0.179 e. The summed E-state index contributed by atoms with van der Waals surface area (Å²) in [6, 6.07) is 4.21. The summed E-state index contributed by atoms with van der Waals surface area (Å²) >= 11 is 6.26. The molecule has 0 aromatic heterocycles. The van der Waals surface area contributed by atoms with Crippen LogP contribution in [0.2, 0.25) is 5.02 Å². The summed E-state index contributed by atoms with van der Waals surface area (Å²) in [5.41, 5.74) is 1.13. The van der Waals surface area contributed by atoms with E-state index >= 15 is 0 Å². The van der Waals surface area contributed by atoms with Crippen LogP contribution >= 0.6 is 11.6 Å². The van der Waals surface area contributed by atoms with E-state index in [2.05, 4.69) is 26.1 Å². The fourth-order valence-electron chi connectivity index (χ4n) is 2.16. The van der Waals surface area contributed by atoms with E-state index in [-0.39, 0.29) is 6.04 Å². The Labute approximate surface area is 121 Å². The van der Waals surface area contributed by atoms with Crippen molar-refractivity contribution in [3.8, 4) is 11.5 Å². The number of halogens is 1. The summed E-state index contributed by atoms with van der Waals surface area (Å²) < 4.78 is 10.6. The Bertz CT molecular complexity index is 407. The maximum atomic E-state index is 6.26. The minimum absolute atomic E-state index is 0.261. The first-order valence-electron chi connectivity index (χ1n) is 6.69. The third kappa shape index (κ3) is 4.02. The first-order valence-corrected chi connectivity index (χ1v) is 7.07. The predicted molar refractivity (Wildman–Crippen MR) is 80.4 cm³/mol. The van der Waals surface area contributed by atoms with Crippen molar-refractivity contribution < 1.29 is 9.47 Å². The predicted octanol–water partition coefficient (Wildman–Crippen LogP) is 4.05. The molecule has 108 valence electrons. The lowest BCUT2D eigenvalue weighted by Gasteiger charge is -2.24. The summed E-state index contributed by atoms with van der Waals surface area (Å²) in [4.78, 5) is 0. The van der Waals surface area contributed by atoms with Crippen LogP contribution in [-0.2, 0) is 0 Å². The van der Waals surface area contributed by atoms with Crippen LogP contribution in [-0.4, -0.2) is 20.8 Å². The molecule has 1 aromatic carbocycles. The number of nitrogens with one attached hydrogen (secondary N) is 1. The van der Waals surface area contributed by atoms with Crippen LogP contribution in [0.15, 0.2) is 12.1 Å². The van der Waals surface area contributed by atoms with E-state index < -0.39 is 0 Å². The van der Waals surface area contributed by atoms with E-state index in [4.69, 9.17) is 21.1 Å². The molecule has 0 amide bonds. The highest BCUT2D eigenvalue weighted by Crippen LogP contribution is 2.38. The Morgan fingerprint density at radius 2 is 1.89 bits per heavy atom. The van der Waals surface area contributed by atoms with Crippen LogP contribution in [0, 0.1) is 5.92 Å². The molecule has 0 bridgehead atoms. The van der Waals surface area contributed by atoms with Gasteiger partial charge in [0, 0.05) is 6.04 Å². The van der Waals surface area contributed by atoms with Gasteiger partial charge in [-0.25, -0.2) is 0 Å². The van der Waals surface area contributed by atoms with E-state index in [9.17, 15) is 0 Å². The summed E-state index contributed by atoms with van der Waals surface area (Å²) in [5.74, 6) is 1.74. The second kappa shape index (κ2) is 7.61. The van der Waals surface area contributed by atoms with Crippen molar-refractivity contribution >= 4 is 11.6 Å². The molecule has 0 spiro atoms. The van der Waals surface area contributed by atoms with Crippen molar-refractivity contribution in [2.45, 2.75) is 33.2 Å². The molecule has 1 N–H and O–H groups in total. The van der Waals surface area contributed by atoms with Gasteiger partial charge in [0.25, 0.3) is 0 Å². The molecule has 3 nitrogen and oxygen atoms in total. The van der Waals surface area contributed by atoms with Gasteiger partial charge in [0.2, 0.25) is 0 Å². The fraction of sp³-hybridized carbons (Fsp3) is 0.600. The van der Waals surface area contributed by atoms with Gasteiger partial charge in [-0.1, -0.05) is 32.4 Å². The fourth-order valence-corrected chi connectivity index (χ4v) is 2.45. The molecule has 1 rings (SSSR count). The summed E-state index contributed by atoms with van der Waals surface area (Å²) in [6.45, 7) is 7.52. The molecule has 0 fully saturated rings. The molecule has 1 unspecified atom stereocenters. The van der Waals surface area contributed by atoms with Gasteiger partial charge < -0.3 is 14.8 Å². The standard InChI is InChI=1S/C15H24ClNO2/c1-6-7-17-14(10(2)3)11-8-12(16)15(19-5)13(9-11)18-4/h8-10,14,17H,6-7H2,1-5H3. The van der Waals surface area contributed by atoms with Crippen molar-refractivity contribution in [1.82, 2.24) is 5.32 Å². The normalized spacial score (nSPS) is 12.6. The Morgan fingerprint density at radius 3 is 2.37 bits per heavy atom. The summed E-state index contributed by atoms with van der Waals surface area (Å²) in [5, 5.41) is 4.13. The monoisotopic (exact) mass is 285 g/mol. The molecular weight excluding hydrogens is 262 g/mol. The first-order chi connectivity index (χ1) is 9.04. The van der Waals surface area contributed by atoms with Gasteiger partial charge in [-0.3, -0.25) is 0 Å². The van der Waals surface area contributed by atoms with Crippen LogP contribution in [0.3, 0.4) is 0 Å². The van der Waals surface area contributed by atoms with Crippen LogP contribution in [0.5, 0.6) is 11.5 Å². The van der Waals surface area contributed by atoms with Crippen molar-refractivity contribution in [3.63, 3.8) is 0 Å². The third-order valence-electron chi connectivity index (χ3n) is 3.10. The molecule has 0 aliphatic rings. The first kappa shape index (κ1) is 16.1. The second-order valence-corrected chi connectivity index (χ2v) is 5.32. The SMILES string of the molecule is CCCNC(c1cc(Cl)c(OC)c(OC)c1)C(C)C. The molecule has 19 heavy (non-hydrogen) atoms. The number of ether oxygens (including phenoxy) is 2. The van der Waals surface area contributed by atoms with Crippen molar-refractivity contribution in [2.75, 3.05) is 20.8 Å². The zero-order valence-corrected chi connectivity index (χ0v) is 13.2. The maximum absolute atomic E-state index is 6.26. The minimum Gasteiger partial charge on any atom is -0.493 e. The minimum atomic E-state index is 0.261. The molecule has 1 aromatic rings. The molecule has 0 heterocycles. The Kier molecular flexibility index (Phi) is 6.46. The molecule has 1 atom stereocenters. The zero-order chi connectivity index (χ0) is 14.4. The number of rotatable bonds is 7. The van der Waals surface area contributed by atoms with Crippen LogP contribution < -0.4 is 14.8 Å². The summed E-state index contributed by atoms with van der Waals surface area (Å²) in [6.07, 6.45) is 1.10. The summed E-state index contributed by atoms with van der Waals surface area (Å²) in [7, 11) is 3.22. The average Bonchev–Trinajstić information content (AvgIpc) is 2.38. The molecule has 4 heteroatoms. The van der Waals surface area contributed by atoms with Crippen LogP contribution in [0.25, 0.3) is 0 Å². The second-order valence-electron chi connectivity index (χ2n) is 4.91. The average molecular weight is 286 g/mol. The largest absolute Gasteiger partial charge is 0.493 e. The number of methoxy groups -OCH3 is 2. The molecule has 0 radical (unpaired) electrons. The van der Waals surface area contributed by atoms with E-state index in [0.29, 0.717) is 22.4 Å². The topological polar surface area (TPSA) is 30.5 Å². The van der Waals surface area contributed by atoms with E-state index in [1.807, 2.05) is 12.1 Å². The van der Waals surface area contributed by atoms with E-state index in [0.717, 1.165) is 18.5 Å². The van der Waals surface area contributed by atoms with Crippen molar-refractivity contribution in [3.05, 3.63) is 22.7 Å². The van der Waals surface area contributed by atoms with Crippen molar-refractivity contribution in [1.29, 1.82) is 0 Å². The highest BCUT2D eigenvalue weighted by atomic mass is 35.5. The van der Waals surface area contributed by atoms with Gasteiger partial charge in [-0.15, -0.1) is 0 Å². The Balaban J connectivity index is 3.13. The van der Waals surface area contributed by atoms with Gasteiger partial charge >= 0.3 is 0 Å². The van der Waals surface area contributed by atoms with Gasteiger partial charge in [0.05, 0.1) is 19.2 Å². The van der Waals surface area contributed by atoms with Crippen molar-refractivity contribution in [2.24, 2.45) is 5.92 Å². The molecule has 0 saturated heterocycles. The van der Waals surface area contributed by atoms with Gasteiger partial charge in [-0.05, 0) is 36.6 Å². The van der Waals surface area contributed by atoms with E-state index in [1.165, 1.54) is 0 Å². The third-order valence-corrected chi connectivity index (χ3v) is 3.38. The number of hydrogen-bond donors (Lipinski definition) is 1. The molecule has 0 saturated carbocycles. The highest BCUT2D eigenvalue weighted by molar-refractivity contribution is 6.32. The van der Waals surface area contributed by atoms with Gasteiger partial charge in [-0.2, -0.15) is 0 Å². The molecular formula is C15H24ClNO2. The van der Waals surface area contributed by atoms with Gasteiger partial charge in [0.1, 0.15) is 0 Å². The van der Waals surface area contributed by atoms with Crippen LogP contribution in [0.4, 0.5) is 0 Å². The lowest BCUT2D eigenvalue weighted by Crippen LogP contribution is -2.26.